The van der Waals surface area contributed by atoms with E-state index in [1.807, 2.05) is 12.1 Å². The van der Waals surface area contributed by atoms with Crippen LogP contribution in [0, 0.1) is 0 Å². The van der Waals surface area contributed by atoms with Crippen LogP contribution in [0.15, 0.2) is 57.7 Å². The molecule has 0 saturated carbocycles. The van der Waals surface area contributed by atoms with Gasteiger partial charge < -0.3 is 14.1 Å². The Balaban J connectivity index is 1.76. The highest BCUT2D eigenvalue weighted by Crippen LogP contribution is 2.30. The zero-order valence-electron chi connectivity index (χ0n) is 12.9. The van der Waals surface area contributed by atoms with Crippen LogP contribution < -0.4 is 15.3 Å². The van der Waals surface area contributed by atoms with E-state index in [1.54, 1.807) is 19.2 Å². The summed E-state index contributed by atoms with van der Waals surface area (Å²) in [6.45, 7) is 1.67. The van der Waals surface area contributed by atoms with Gasteiger partial charge in [-0.25, -0.2) is 4.79 Å². The lowest BCUT2D eigenvalue weighted by Gasteiger charge is -2.20. The fourth-order valence-corrected chi connectivity index (χ4v) is 3.24. The maximum absolute atomic E-state index is 11.9. The number of hydrogen-bond donors (Lipinski definition) is 0. The van der Waals surface area contributed by atoms with Crippen LogP contribution >= 0.6 is 0 Å². The Morgan fingerprint density at radius 3 is 2.91 bits per heavy atom. The lowest BCUT2D eigenvalue weighted by atomic mass is 10.1. The highest BCUT2D eigenvalue weighted by atomic mass is 16.5. The predicted molar refractivity (Wildman–Crippen MR) is 90.2 cm³/mol. The second-order valence-corrected chi connectivity index (χ2v) is 5.75. The number of nitrogens with zero attached hydrogens (tertiary/aromatic N) is 1. The highest BCUT2D eigenvalue weighted by molar-refractivity contribution is 5.82. The molecule has 1 aliphatic rings. The largest absolute Gasteiger partial charge is 0.497 e. The molecule has 1 aliphatic heterocycles. The Morgan fingerprint density at radius 1 is 1.17 bits per heavy atom. The van der Waals surface area contributed by atoms with E-state index in [-0.39, 0.29) is 5.63 Å². The molecule has 0 atom stereocenters. The number of benzene rings is 2. The first-order valence-corrected chi connectivity index (χ1v) is 7.68. The Hall–Kier alpha value is -2.75. The topological polar surface area (TPSA) is 42.7 Å². The lowest BCUT2D eigenvalue weighted by molar-refractivity contribution is 0.414. The zero-order chi connectivity index (χ0) is 15.8. The summed E-state index contributed by atoms with van der Waals surface area (Å²) in [5, 5.41) is 0.954. The van der Waals surface area contributed by atoms with Crippen LogP contribution in [0.1, 0.15) is 11.1 Å². The van der Waals surface area contributed by atoms with Crippen LogP contribution in [-0.2, 0) is 13.0 Å². The first kappa shape index (κ1) is 13.9. The summed E-state index contributed by atoms with van der Waals surface area (Å²) < 4.78 is 10.5. The molecule has 2 heterocycles. The fourth-order valence-electron chi connectivity index (χ4n) is 3.24. The molecule has 0 bridgehead atoms. The van der Waals surface area contributed by atoms with Crippen LogP contribution in [-0.4, -0.2) is 13.7 Å². The summed E-state index contributed by atoms with van der Waals surface area (Å²) in [4.78, 5) is 14.2. The molecule has 116 valence electrons. The zero-order valence-corrected chi connectivity index (χ0v) is 12.9. The quantitative estimate of drug-likeness (QED) is 0.696. The summed E-state index contributed by atoms with van der Waals surface area (Å²) in [6.07, 6.45) is 1.05. The lowest BCUT2D eigenvalue weighted by Crippen LogP contribution is -2.20. The van der Waals surface area contributed by atoms with Gasteiger partial charge in [0.1, 0.15) is 11.3 Å². The number of para-hydroxylation sites is 1. The van der Waals surface area contributed by atoms with Crippen LogP contribution in [0.25, 0.3) is 11.0 Å². The smallest absolute Gasteiger partial charge is 0.336 e. The van der Waals surface area contributed by atoms with Crippen molar-refractivity contribution in [2.45, 2.75) is 13.0 Å². The van der Waals surface area contributed by atoms with Gasteiger partial charge in [0.2, 0.25) is 0 Å². The van der Waals surface area contributed by atoms with Gasteiger partial charge in [-0.1, -0.05) is 18.2 Å². The van der Waals surface area contributed by atoms with Crippen molar-refractivity contribution < 1.29 is 9.15 Å². The van der Waals surface area contributed by atoms with Crippen molar-refractivity contribution in [3.63, 3.8) is 0 Å². The standard InChI is InChI=1S/C19H17NO3/c1-22-15-6-7-16-14(10-19(21)23-18(16)11-15)12-20-9-8-13-4-2-3-5-17(13)20/h2-7,10-11H,8-9,12H2,1H3. The summed E-state index contributed by atoms with van der Waals surface area (Å²) in [5.41, 5.74) is 3.84. The monoisotopic (exact) mass is 307 g/mol. The molecule has 0 unspecified atom stereocenters. The van der Waals surface area contributed by atoms with Gasteiger partial charge in [-0.3, -0.25) is 0 Å². The molecule has 0 amide bonds. The average molecular weight is 307 g/mol. The molecular formula is C19H17NO3. The molecule has 3 aromatic rings. The van der Waals surface area contributed by atoms with Crippen molar-refractivity contribution >= 4 is 16.7 Å². The molecule has 0 N–H and O–H groups in total. The maximum Gasteiger partial charge on any atom is 0.336 e. The second kappa shape index (κ2) is 5.47. The van der Waals surface area contributed by atoms with Crippen molar-refractivity contribution in [1.29, 1.82) is 0 Å². The predicted octanol–water partition coefficient (Wildman–Crippen LogP) is 3.36. The Kier molecular flexibility index (Phi) is 3.30. The third kappa shape index (κ3) is 2.46. The number of methoxy groups -OCH3 is 1. The molecule has 4 rings (SSSR count). The van der Waals surface area contributed by atoms with Gasteiger partial charge in [-0.2, -0.15) is 0 Å². The molecule has 0 radical (unpaired) electrons. The van der Waals surface area contributed by atoms with Gasteiger partial charge in [0.05, 0.1) is 7.11 Å². The summed E-state index contributed by atoms with van der Waals surface area (Å²) in [7, 11) is 1.60. The highest BCUT2D eigenvalue weighted by Gasteiger charge is 2.19. The summed E-state index contributed by atoms with van der Waals surface area (Å²) in [6, 6.07) is 15.6. The van der Waals surface area contributed by atoms with Crippen molar-refractivity contribution in [3.05, 3.63) is 70.1 Å². The molecular weight excluding hydrogens is 290 g/mol. The summed E-state index contributed by atoms with van der Waals surface area (Å²) >= 11 is 0. The van der Waals surface area contributed by atoms with E-state index < -0.39 is 0 Å². The number of ether oxygens (including phenoxy) is 1. The Bertz CT molecular complexity index is 929. The minimum atomic E-state index is -0.326. The molecule has 4 nitrogen and oxygen atoms in total. The fraction of sp³-hybridized carbons (Fsp3) is 0.211. The first-order valence-electron chi connectivity index (χ1n) is 7.68. The van der Waals surface area contributed by atoms with Crippen LogP contribution in [0.2, 0.25) is 0 Å². The Labute approximate surface area is 133 Å². The van der Waals surface area contributed by atoms with Gasteiger partial charge in [0.15, 0.2) is 0 Å². The molecule has 1 aromatic heterocycles. The van der Waals surface area contributed by atoms with Crippen LogP contribution in [0.5, 0.6) is 5.75 Å². The maximum atomic E-state index is 11.9. The van der Waals surface area contributed by atoms with E-state index >= 15 is 0 Å². The van der Waals surface area contributed by atoms with Gasteiger partial charge in [-0.05, 0) is 35.7 Å². The summed E-state index contributed by atoms with van der Waals surface area (Å²) in [5.74, 6) is 0.685. The van der Waals surface area contributed by atoms with Crippen LogP contribution in [0.4, 0.5) is 5.69 Å². The first-order chi connectivity index (χ1) is 11.2. The van der Waals surface area contributed by atoms with Crippen molar-refractivity contribution in [2.75, 3.05) is 18.6 Å². The molecule has 0 aliphatic carbocycles. The van der Waals surface area contributed by atoms with Gasteiger partial charge in [0.25, 0.3) is 0 Å². The van der Waals surface area contributed by atoms with E-state index in [2.05, 4.69) is 29.2 Å². The average Bonchev–Trinajstić information content (AvgIpc) is 2.97. The molecule has 0 saturated heterocycles. The minimum absolute atomic E-state index is 0.326. The van der Waals surface area contributed by atoms with E-state index in [1.165, 1.54) is 11.3 Å². The number of hydrogen-bond acceptors (Lipinski definition) is 4. The van der Waals surface area contributed by atoms with Crippen molar-refractivity contribution in [3.8, 4) is 5.75 Å². The minimum Gasteiger partial charge on any atom is -0.497 e. The Morgan fingerprint density at radius 2 is 2.04 bits per heavy atom. The van der Waals surface area contributed by atoms with Gasteiger partial charge in [0, 0.05) is 36.3 Å². The van der Waals surface area contributed by atoms with Crippen molar-refractivity contribution in [1.82, 2.24) is 0 Å². The van der Waals surface area contributed by atoms with Crippen LogP contribution in [0.3, 0.4) is 0 Å². The third-order valence-corrected chi connectivity index (χ3v) is 4.38. The van der Waals surface area contributed by atoms with E-state index in [4.69, 9.17) is 9.15 Å². The second-order valence-electron chi connectivity index (χ2n) is 5.75. The molecule has 0 fully saturated rings. The molecule has 0 spiro atoms. The molecule has 23 heavy (non-hydrogen) atoms. The number of fused-ring (bicyclic) bond motifs is 2. The normalized spacial score (nSPS) is 13.3. The SMILES string of the molecule is COc1ccc2c(CN3CCc4ccccc43)cc(=O)oc2c1. The van der Waals surface area contributed by atoms with E-state index in [9.17, 15) is 4.79 Å². The van der Waals surface area contributed by atoms with Gasteiger partial charge in [-0.15, -0.1) is 0 Å². The van der Waals surface area contributed by atoms with Gasteiger partial charge >= 0.3 is 5.63 Å². The van der Waals surface area contributed by atoms with E-state index in [0.29, 0.717) is 17.9 Å². The number of rotatable bonds is 3. The molecule has 2 aromatic carbocycles. The third-order valence-electron chi connectivity index (χ3n) is 4.38. The molecule has 4 heteroatoms. The number of anilines is 1. The van der Waals surface area contributed by atoms with E-state index in [0.717, 1.165) is 23.9 Å². The van der Waals surface area contributed by atoms with Crippen molar-refractivity contribution in [2.24, 2.45) is 0 Å².